The maximum atomic E-state index is 12.5. The first kappa shape index (κ1) is 15.4. The number of likely N-dealkylation sites (N-methyl/N-ethyl adjacent to an activating group) is 1. The highest BCUT2D eigenvalue weighted by Crippen LogP contribution is 2.24. The monoisotopic (exact) mass is 290 g/mol. The van der Waals surface area contributed by atoms with Gasteiger partial charge in [-0.05, 0) is 6.92 Å². The van der Waals surface area contributed by atoms with Gasteiger partial charge in [-0.1, -0.05) is 6.92 Å². The van der Waals surface area contributed by atoms with Crippen LogP contribution in [0, 0.1) is 6.92 Å². The summed E-state index contributed by atoms with van der Waals surface area (Å²) in [6.45, 7) is 3.00. The molecule has 2 N–H and O–H groups in total. The van der Waals surface area contributed by atoms with Crippen LogP contribution in [0.2, 0.25) is 0 Å². The van der Waals surface area contributed by atoms with Crippen molar-refractivity contribution < 1.29 is 17.9 Å². The number of aromatic nitrogens is 2. The summed E-state index contributed by atoms with van der Waals surface area (Å²) in [6, 6.07) is 0. The van der Waals surface area contributed by atoms with E-state index in [0.717, 1.165) is 4.31 Å². The zero-order chi connectivity index (χ0) is 14.8. The van der Waals surface area contributed by atoms with E-state index in [1.807, 2.05) is 0 Å². The molecular formula is C10H18N4O4S. The molecule has 19 heavy (non-hydrogen) atoms. The first-order valence-corrected chi connectivity index (χ1v) is 7.05. The third kappa shape index (κ3) is 2.87. The molecule has 0 unspecified atom stereocenters. The van der Waals surface area contributed by atoms with Crippen LogP contribution in [0.5, 0.6) is 0 Å². The van der Waals surface area contributed by atoms with Crippen LogP contribution in [-0.4, -0.2) is 48.7 Å². The molecule has 0 radical (unpaired) electrons. The van der Waals surface area contributed by atoms with E-state index >= 15 is 0 Å². The van der Waals surface area contributed by atoms with Crippen LogP contribution < -0.4 is 5.73 Å². The van der Waals surface area contributed by atoms with Crippen LogP contribution in [0.25, 0.3) is 0 Å². The van der Waals surface area contributed by atoms with Gasteiger partial charge in [-0.15, -0.1) is 0 Å². The molecule has 0 aromatic carbocycles. The second kappa shape index (κ2) is 5.57. The lowest BCUT2D eigenvalue weighted by molar-refractivity contribution is -0.140. The van der Waals surface area contributed by atoms with Gasteiger partial charge in [0.05, 0.1) is 12.8 Å². The number of anilines is 1. The summed E-state index contributed by atoms with van der Waals surface area (Å²) in [7, 11) is -1.07. The molecule has 0 saturated heterocycles. The van der Waals surface area contributed by atoms with Crippen molar-refractivity contribution in [2.75, 3.05) is 25.9 Å². The van der Waals surface area contributed by atoms with Gasteiger partial charge in [-0.3, -0.25) is 9.48 Å². The second-order valence-corrected chi connectivity index (χ2v) is 5.81. The Labute approximate surface area is 112 Å². The van der Waals surface area contributed by atoms with Crippen LogP contribution in [0.4, 0.5) is 5.82 Å². The number of rotatable bonds is 5. The van der Waals surface area contributed by atoms with Crippen LogP contribution in [0.3, 0.4) is 0 Å². The summed E-state index contributed by atoms with van der Waals surface area (Å²) in [6.07, 6.45) is 0. The summed E-state index contributed by atoms with van der Waals surface area (Å²) in [5.74, 6) is -0.714. The maximum Gasteiger partial charge on any atom is 0.321 e. The van der Waals surface area contributed by atoms with E-state index in [1.165, 1.54) is 11.8 Å². The van der Waals surface area contributed by atoms with E-state index in [4.69, 9.17) is 5.73 Å². The fourth-order valence-corrected chi connectivity index (χ4v) is 3.32. The van der Waals surface area contributed by atoms with Crippen LogP contribution in [0.15, 0.2) is 4.90 Å². The van der Waals surface area contributed by atoms with E-state index in [2.05, 4.69) is 9.84 Å². The van der Waals surface area contributed by atoms with Gasteiger partial charge in [0.15, 0.2) is 5.82 Å². The van der Waals surface area contributed by atoms with E-state index < -0.39 is 16.0 Å². The molecule has 0 saturated carbocycles. The lowest BCUT2D eigenvalue weighted by Gasteiger charge is -2.19. The molecule has 8 nitrogen and oxygen atoms in total. The number of carbonyl (C=O) groups excluding carboxylic acids is 1. The zero-order valence-electron chi connectivity index (χ0n) is 11.4. The van der Waals surface area contributed by atoms with Crippen LogP contribution >= 0.6 is 0 Å². The molecule has 108 valence electrons. The predicted octanol–water partition coefficient (Wildman–Crippen LogP) is -0.506. The van der Waals surface area contributed by atoms with Gasteiger partial charge >= 0.3 is 5.97 Å². The molecule has 0 aliphatic rings. The van der Waals surface area contributed by atoms with Gasteiger partial charge < -0.3 is 10.5 Å². The summed E-state index contributed by atoms with van der Waals surface area (Å²) in [5, 5.41) is 3.87. The van der Waals surface area contributed by atoms with Crippen molar-refractivity contribution in [2.24, 2.45) is 7.05 Å². The van der Waals surface area contributed by atoms with Crippen molar-refractivity contribution in [1.82, 2.24) is 14.1 Å². The molecule has 1 rings (SSSR count). The number of nitrogens with two attached hydrogens (primary N) is 1. The highest BCUT2D eigenvalue weighted by molar-refractivity contribution is 7.89. The standard InChI is InChI=1S/C10H18N4O4S/c1-5-14(6-8(15)18-4)19(16,17)9-7(2)13(3)12-10(9)11/h5-6H2,1-4H3,(H2,11,12). The molecule has 0 atom stereocenters. The van der Waals surface area contributed by atoms with Gasteiger partial charge in [-0.25, -0.2) is 8.42 Å². The van der Waals surface area contributed by atoms with Gasteiger partial charge in [-0.2, -0.15) is 9.40 Å². The smallest absolute Gasteiger partial charge is 0.321 e. The van der Waals surface area contributed by atoms with Crippen molar-refractivity contribution in [2.45, 2.75) is 18.7 Å². The lowest BCUT2D eigenvalue weighted by atomic mass is 10.5. The molecule has 0 fully saturated rings. The molecule has 0 aliphatic carbocycles. The minimum atomic E-state index is -3.87. The van der Waals surface area contributed by atoms with E-state index in [9.17, 15) is 13.2 Å². The fourth-order valence-electron chi connectivity index (χ4n) is 1.64. The van der Waals surface area contributed by atoms with E-state index in [-0.39, 0.29) is 23.8 Å². The summed E-state index contributed by atoms with van der Waals surface area (Å²) >= 11 is 0. The maximum absolute atomic E-state index is 12.5. The molecule has 1 aromatic rings. The Hall–Kier alpha value is -1.61. The first-order valence-electron chi connectivity index (χ1n) is 5.61. The molecule has 0 bridgehead atoms. The Morgan fingerprint density at radius 2 is 2.11 bits per heavy atom. The Balaban J connectivity index is 3.25. The largest absolute Gasteiger partial charge is 0.468 e. The predicted molar refractivity (Wildman–Crippen MR) is 68.8 cm³/mol. The Morgan fingerprint density at radius 3 is 2.47 bits per heavy atom. The highest BCUT2D eigenvalue weighted by atomic mass is 32.2. The minimum absolute atomic E-state index is 0.0687. The fraction of sp³-hybridized carbons (Fsp3) is 0.600. The summed E-state index contributed by atoms with van der Waals surface area (Å²) in [5.41, 5.74) is 6.05. The van der Waals surface area contributed by atoms with E-state index in [1.54, 1.807) is 20.9 Å². The number of hydrogen-bond donors (Lipinski definition) is 1. The normalized spacial score (nSPS) is 11.8. The topological polar surface area (TPSA) is 108 Å². The number of carbonyl (C=O) groups is 1. The van der Waals surface area contributed by atoms with Crippen LogP contribution in [-0.2, 0) is 26.6 Å². The second-order valence-electron chi connectivity index (χ2n) is 3.93. The quantitative estimate of drug-likeness (QED) is 0.732. The van der Waals surface area contributed by atoms with Gasteiger partial charge in [0.2, 0.25) is 10.0 Å². The summed E-state index contributed by atoms with van der Waals surface area (Å²) in [4.78, 5) is 11.2. The van der Waals surface area contributed by atoms with Gasteiger partial charge in [0, 0.05) is 13.6 Å². The molecule has 0 spiro atoms. The van der Waals surface area contributed by atoms with Crippen molar-refractivity contribution in [1.29, 1.82) is 0 Å². The number of esters is 1. The van der Waals surface area contributed by atoms with Crippen molar-refractivity contribution in [3.05, 3.63) is 5.69 Å². The molecule has 9 heteroatoms. The Kier molecular flexibility index (Phi) is 4.53. The number of sulfonamides is 1. The molecular weight excluding hydrogens is 272 g/mol. The molecule has 0 amide bonds. The minimum Gasteiger partial charge on any atom is -0.468 e. The lowest BCUT2D eigenvalue weighted by Crippen LogP contribution is -2.36. The molecule has 0 aliphatic heterocycles. The van der Waals surface area contributed by atoms with Crippen molar-refractivity contribution in [3.63, 3.8) is 0 Å². The van der Waals surface area contributed by atoms with Crippen molar-refractivity contribution >= 4 is 21.8 Å². The number of methoxy groups -OCH3 is 1. The van der Waals surface area contributed by atoms with Gasteiger partial charge in [0.1, 0.15) is 11.4 Å². The average molecular weight is 290 g/mol. The highest BCUT2D eigenvalue weighted by Gasteiger charge is 2.31. The molecule has 1 heterocycles. The van der Waals surface area contributed by atoms with Crippen LogP contribution in [0.1, 0.15) is 12.6 Å². The third-order valence-electron chi connectivity index (χ3n) is 2.79. The average Bonchev–Trinajstić information content (AvgIpc) is 2.59. The number of hydrogen-bond acceptors (Lipinski definition) is 6. The first-order chi connectivity index (χ1) is 8.75. The van der Waals surface area contributed by atoms with E-state index in [0.29, 0.717) is 5.69 Å². The number of ether oxygens (including phenoxy) is 1. The summed E-state index contributed by atoms with van der Waals surface area (Å²) < 4.78 is 31.8. The SMILES string of the molecule is CCN(CC(=O)OC)S(=O)(=O)c1c(N)nn(C)c1C. The number of aryl methyl sites for hydroxylation is 1. The molecule has 1 aromatic heterocycles. The third-order valence-corrected chi connectivity index (χ3v) is 4.88. The zero-order valence-corrected chi connectivity index (χ0v) is 12.2. The Bertz CT molecular complexity index is 579. The number of nitrogen functional groups attached to an aromatic ring is 1. The van der Waals surface area contributed by atoms with Crippen molar-refractivity contribution in [3.8, 4) is 0 Å². The van der Waals surface area contributed by atoms with Gasteiger partial charge in [0.25, 0.3) is 0 Å². The Morgan fingerprint density at radius 1 is 1.53 bits per heavy atom. The number of nitrogens with zero attached hydrogens (tertiary/aromatic N) is 3.